The Kier molecular flexibility index (Phi) is 8.89. The summed E-state index contributed by atoms with van der Waals surface area (Å²) in [7, 11) is -3.57. The van der Waals surface area contributed by atoms with E-state index in [2.05, 4.69) is 6.07 Å². The van der Waals surface area contributed by atoms with Crippen molar-refractivity contribution in [2.45, 2.75) is 65.2 Å². The quantitative estimate of drug-likeness (QED) is 0.322. The molecule has 4 rings (SSSR count). The van der Waals surface area contributed by atoms with Crippen LogP contribution >= 0.6 is 0 Å². The Morgan fingerprint density at radius 3 is 2.33 bits per heavy atom. The van der Waals surface area contributed by atoms with Gasteiger partial charge in [-0.15, -0.1) is 0 Å². The molecule has 9 heteroatoms. The van der Waals surface area contributed by atoms with E-state index in [0.29, 0.717) is 49.4 Å². The van der Waals surface area contributed by atoms with Gasteiger partial charge in [-0.2, -0.15) is 5.26 Å². The summed E-state index contributed by atoms with van der Waals surface area (Å²) in [5, 5.41) is 11.1. The minimum Gasteiger partial charge on any atom is -0.490 e. The van der Waals surface area contributed by atoms with Gasteiger partial charge in [-0.1, -0.05) is 25.1 Å². The van der Waals surface area contributed by atoms with E-state index < -0.39 is 15.6 Å². The number of nitrogens with zero attached hydrogens (tertiary/aromatic N) is 3. The number of benzene rings is 3. The number of rotatable bonds is 8. The number of fused-ring (bicyclic) bond motifs is 1. The van der Waals surface area contributed by atoms with E-state index in [0.717, 1.165) is 16.3 Å². The van der Waals surface area contributed by atoms with Gasteiger partial charge >= 0.3 is 6.09 Å². The summed E-state index contributed by atoms with van der Waals surface area (Å²) < 4.78 is 39.6. The first kappa shape index (κ1) is 29.2. The zero-order valence-electron chi connectivity index (χ0n) is 23.6. The first-order valence-corrected chi connectivity index (χ1v) is 15.3. The number of carbonyl (C=O) groups excluding carboxylic acids is 1. The van der Waals surface area contributed by atoms with Gasteiger partial charge in [0.2, 0.25) is 10.0 Å². The lowest BCUT2D eigenvalue weighted by Crippen LogP contribution is -2.44. The predicted molar refractivity (Wildman–Crippen MR) is 157 cm³/mol. The fraction of sp³-hybridized carbons (Fsp3) is 0.419. The van der Waals surface area contributed by atoms with Gasteiger partial charge < -0.3 is 14.4 Å². The standard InChI is InChI=1S/C31H37N3O5S/c1-5-18-40(36,37)34(22-24-7-9-25-8-6-23(21-32)19-26(25)20-24)27-10-12-28(13-11-27)38-29-14-16-33(17-15-29)30(35)39-31(2,3)4/h6-13,19-20,29H,5,14-18,22H2,1-4H3. The molecule has 0 aliphatic carbocycles. The van der Waals surface area contributed by atoms with Crippen molar-refractivity contribution in [2.75, 3.05) is 23.1 Å². The number of hydrogen-bond donors (Lipinski definition) is 0. The molecule has 0 unspecified atom stereocenters. The third-order valence-corrected chi connectivity index (χ3v) is 8.61. The number of nitriles is 1. The molecule has 3 aromatic rings. The van der Waals surface area contributed by atoms with E-state index in [4.69, 9.17) is 9.47 Å². The van der Waals surface area contributed by atoms with Crippen molar-refractivity contribution in [3.8, 4) is 11.8 Å². The Hall–Kier alpha value is -3.77. The highest BCUT2D eigenvalue weighted by atomic mass is 32.2. The van der Waals surface area contributed by atoms with E-state index in [-0.39, 0.29) is 24.5 Å². The number of anilines is 1. The monoisotopic (exact) mass is 563 g/mol. The van der Waals surface area contributed by atoms with Gasteiger partial charge in [0.15, 0.2) is 0 Å². The van der Waals surface area contributed by atoms with Crippen LogP contribution in [0.5, 0.6) is 5.75 Å². The average molecular weight is 564 g/mol. The number of ether oxygens (including phenoxy) is 2. The minimum absolute atomic E-state index is 0.0354. The Morgan fingerprint density at radius 1 is 1.02 bits per heavy atom. The molecule has 0 bridgehead atoms. The summed E-state index contributed by atoms with van der Waals surface area (Å²) in [5.74, 6) is 0.690. The molecule has 1 aliphatic heterocycles. The van der Waals surface area contributed by atoms with Crippen LogP contribution in [-0.4, -0.2) is 50.0 Å². The highest BCUT2D eigenvalue weighted by molar-refractivity contribution is 7.92. The molecule has 0 atom stereocenters. The minimum atomic E-state index is -3.57. The van der Waals surface area contributed by atoms with Crippen LogP contribution < -0.4 is 9.04 Å². The highest BCUT2D eigenvalue weighted by Gasteiger charge is 2.28. The molecule has 1 amide bonds. The molecule has 0 aromatic heterocycles. The van der Waals surface area contributed by atoms with E-state index in [1.807, 2.05) is 58.0 Å². The summed E-state index contributed by atoms with van der Waals surface area (Å²) in [5.41, 5.74) is 1.43. The van der Waals surface area contributed by atoms with Crippen LogP contribution in [0, 0.1) is 11.3 Å². The predicted octanol–water partition coefficient (Wildman–Crippen LogP) is 6.24. The van der Waals surface area contributed by atoms with Crippen LogP contribution in [0.1, 0.15) is 58.1 Å². The number of carbonyl (C=O) groups is 1. The fourth-order valence-electron chi connectivity index (χ4n) is 4.71. The van der Waals surface area contributed by atoms with Gasteiger partial charge in [0.05, 0.1) is 29.6 Å². The van der Waals surface area contributed by atoms with Crippen LogP contribution in [-0.2, 0) is 21.3 Å². The lowest BCUT2D eigenvalue weighted by molar-refractivity contribution is 0.0126. The molecule has 212 valence electrons. The molecule has 0 saturated carbocycles. The van der Waals surface area contributed by atoms with Gasteiger partial charge in [0.1, 0.15) is 17.5 Å². The van der Waals surface area contributed by atoms with E-state index in [1.54, 1.807) is 35.2 Å². The first-order chi connectivity index (χ1) is 19.0. The molecule has 1 fully saturated rings. The Morgan fingerprint density at radius 2 is 1.70 bits per heavy atom. The van der Waals surface area contributed by atoms with Crippen molar-refractivity contribution in [3.63, 3.8) is 0 Å². The van der Waals surface area contributed by atoms with Crippen LogP contribution in [0.4, 0.5) is 10.5 Å². The zero-order valence-corrected chi connectivity index (χ0v) is 24.4. The summed E-state index contributed by atoms with van der Waals surface area (Å²) in [6.45, 7) is 8.70. The van der Waals surface area contributed by atoms with Crippen molar-refractivity contribution in [2.24, 2.45) is 0 Å². The van der Waals surface area contributed by atoms with Crippen molar-refractivity contribution in [1.82, 2.24) is 4.90 Å². The van der Waals surface area contributed by atoms with Crippen LogP contribution in [0.15, 0.2) is 60.7 Å². The third kappa shape index (κ3) is 7.45. The second-order valence-electron chi connectivity index (χ2n) is 11.1. The lowest BCUT2D eigenvalue weighted by atomic mass is 10.0. The largest absolute Gasteiger partial charge is 0.490 e. The molecular weight excluding hydrogens is 526 g/mol. The molecule has 8 nitrogen and oxygen atoms in total. The molecule has 40 heavy (non-hydrogen) atoms. The number of piperidine rings is 1. The molecule has 3 aromatic carbocycles. The number of hydrogen-bond acceptors (Lipinski definition) is 6. The van der Waals surface area contributed by atoms with E-state index in [1.165, 1.54) is 4.31 Å². The summed E-state index contributed by atoms with van der Waals surface area (Å²) in [4.78, 5) is 14.0. The number of sulfonamides is 1. The molecule has 0 radical (unpaired) electrons. The molecule has 1 heterocycles. The normalized spacial score (nSPS) is 14.5. The highest BCUT2D eigenvalue weighted by Crippen LogP contribution is 2.28. The Balaban J connectivity index is 1.46. The van der Waals surface area contributed by atoms with Crippen molar-refractivity contribution in [1.29, 1.82) is 5.26 Å². The topological polar surface area (TPSA) is 99.9 Å². The van der Waals surface area contributed by atoms with Gasteiger partial charge in [0.25, 0.3) is 0 Å². The molecule has 0 spiro atoms. The third-order valence-electron chi connectivity index (χ3n) is 6.68. The maximum Gasteiger partial charge on any atom is 0.410 e. The Bertz CT molecular complexity index is 1480. The summed E-state index contributed by atoms with van der Waals surface area (Å²) >= 11 is 0. The van der Waals surface area contributed by atoms with Crippen molar-refractivity contribution in [3.05, 3.63) is 71.8 Å². The van der Waals surface area contributed by atoms with Crippen LogP contribution in [0.3, 0.4) is 0 Å². The SMILES string of the molecule is CCCS(=O)(=O)N(Cc1ccc2ccc(C#N)cc2c1)c1ccc(OC2CCN(C(=O)OC(C)(C)C)CC2)cc1. The Labute approximate surface area is 237 Å². The molecule has 0 N–H and O–H groups in total. The maximum absolute atomic E-state index is 13.3. The van der Waals surface area contributed by atoms with E-state index in [9.17, 15) is 18.5 Å². The van der Waals surface area contributed by atoms with Crippen LogP contribution in [0.2, 0.25) is 0 Å². The van der Waals surface area contributed by atoms with Crippen molar-refractivity contribution < 1.29 is 22.7 Å². The zero-order chi connectivity index (χ0) is 28.9. The van der Waals surface area contributed by atoms with Gasteiger partial charge in [0, 0.05) is 25.9 Å². The summed E-state index contributed by atoms with van der Waals surface area (Å²) in [6, 6.07) is 20.6. The van der Waals surface area contributed by atoms with Gasteiger partial charge in [-0.05, 0) is 86.0 Å². The molecule has 1 aliphatic rings. The van der Waals surface area contributed by atoms with E-state index >= 15 is 0 Å². The molecule has 1 saturated heterocycles. The number of likely N-dealkylation sites (tertiary alicyclic amines) is 1. The van der Waals surface area contributed by atoms with Crippen LogP contribution in [0.25, 0.3) is 10.8 Å². The first-order valence-electron chi connectivity index (χ1n) is 13.7. The fourth-order valence-corrected chi connectivity index (χ4v) is 6.24. The second-order valence-corrected chi connectivity index (χ2v) is 13.1. The number of amides is 1. The van der Waals surface area contributed by atoms with Gasteiger partial charge in [-0.3, -0.25) is 4.31 Å². The maximum atomic E-state index is 13.3. The van der Waals surface area contributed by atoms with Crippen molar-refractivity contribution >= 4 is 32.6 Å². The van der Waals surface area contributed by atoms with Gasteiger partial charge in [-0.25, -0.2) is 13.2 Å². The summed E-state index contributed by atoms with van der Waals surface area (Å²) in [6.07, 6.45) is 1.53. The smallest absolute Gasteiger partial charge is 0.410 e. The second kappa shape index (κ2) is 12.2. The average Bonchev–Trinajstić information content (AvgIpc) is 2.91. The lowest BCUT2D eigenvalue weighted by Gasteiger charge is -2.33. The molecular formula is C31H37N3O5S.